The van der Waals surface area contributed by atoms with Crippen molar-refractivity contribution >= 4 is 56.8 Å². The summed E-state index contributed by atoms with van der Waals surface area (Å²) in [6.07, 6.45) is 1.64. The molecule has 0 saturated carbocycles. The molecule has 0 radical (unpaired) electrons. The monoisotopic (exact) mass is 431 g/mol. The zero-order valence-corrected chi connectivity index (χ0v) is 17.1. The summed E-state index contributed by atoms with van der Waals surface area (Å²) in [5.41, 5.74) is 3.61. The zero-order valence-electron chi connectivity index (χ0n) is 14.7. The van der Waals surface area contributed by atoms with Gasteiger partial charge in [0, 0.05) is 22.4 Å². The second kappa shape index (κ2) is 7.17. The summed E-state index contributed by atoms with van der Waals surface area (Å²) in [6.45, 7) is 6.87. The highest BCUT2D eigenvalue weighted by Crippen LogP contribution is 2.26. The van der Waals surface area contributed by atoms with Crippen molar-refractivity contribution < 1.29 is 9.59 Å². The van der Waals surface area contributed by atoms with E-state index in [1.165, 1.54) is 4.90 Å². The predicted octanol–water partition coefficient (Wildman–Crippen LogP) is 3.72. The molecule has 0 aliphatic carbocycles. The molecular formula is C19H18BrN3O2S. The Bertz CT molecular complexity index is 962. The maximum atomic E-state index is 13.0. The van der Waals surface area contributed by atoms with Gasteiger partial charge in [0.15, 0.2) is 5.11 Å². The number of hydrogen-bond acceptors (Lipinski definition) is 3. The molecule has 5 nitrogen and oxygen atoms in total. The third kappa shape index (κ3) is 3.24. The van der Waals surface area contributed by atoms with E-state index in [0.717, 1.165) is 28.0 Å². The number of aryl methyl sites for hydroxylation is 1. The van der Waals surface area contributed by atoms with Crippen LogP contribution in [0, 0.1) is 13.8 Å². The topological polar surface area (TPSA) is 54.3 Å². The Balaban J connectivity index is 2.06. The molecule has 1 fully saturated rings. The van der Waals surface area contributed by atoms with E-state index in [0.29, 0.717) is 5.69 Å². The fourth-order valence-corrected chi connectivity index (χ4v) is 3.79. The van der Waals surface area contributed by atoms with E-state index in [-0.39, 0.29) is 10.7 Å². The number of nitrogens with zero attached hydrogens (tertiary/aromatic N) is 2. The lowest BCUT2D eigenvalue weighted by Gasteiger charge is -2.29. The van der Waals surface area contributed by atoms with Crippen LogP contribution in [0.15, 0.2) is 40.4 Å². The normalized spacial score (nSPS) is 16.4. The first kappa shape index (κ1) is 18.5. The predicted molar refractivity (Wildman–Crippen MR) is 110 cm³/mol. The standard InChI is InChI=1S/C19H18BrN3O2S/c1-4-22-11(2)8-13(12(22)3)9-16-17(24)21-19(26)23(18(16)25)15-7-5-6-14(20)10-15/h5-10H,4H2,1-3H3,(H,21,24,26)/b16-9-. The number of thiocarbonyl (C=S) groups is 1. The number of benzene rings is 1. The maximum absolute atomic E-state index is 13.0. The molecule has 26 heavy (non-hydrogen) atoms. The highest BCUT2D eigenvalue weighted by Gasteiger charge is 2.34. The van der Waals surface area contributed by atoms with E-state index in [9.17, 15) is 9.59 Å². The lowest BCUT2D eigenvalue weighted by Crippen LogP contribution is -2.54. The number of aromatic nitrogens is 1. The quantitative estimate of drug-likeness (QED) is 0.457. The first-order valence-corrected chi connectivity index (χ1v) is 9.37. The van der Waals surface area contributed by atoms with Crippen LogP contribution in [-0.2, 0) is 16.1 Å². The molecule has 7 heteroatoms. The van der Waals surface area contributed by atoms with E-state index in [2.05, 4.69) is 32.7 Å². The maximum Gasteiger partial charge on any atom is 0.270 e. The van der Waals surface area contributed by atoms with E-state index in [4.69, 9.17) is 12.2 Å². The van der Waals surface area contributed by atoms with Crippen molar-refractivity contribution in [1.29, 1.82) is 0 Å². The van der Waals surface area contributed by atoms with Crippen LogP contribution >= 0.6 is 28.1 Å². The van der Waals surface area contributed by atoms with E-state index < -0.39 is 11.8 Å². The molecule has 1 aliphatic heterocycles. The van der Waals surface area contributed by atoms with E-state index >= 15 is 0 Å². The van der Waals surface area contributed by atoms with Crippen LogP contribution in [-0.4, -0.2) is 21.5 Å². The summed E-state index contributed by atoms with van der Waals surface area (Å²) in [4.78, 5) is 26.8. The third-order valence-electron chi connectivity index (χ3n) is 4.40. The smallest absolute Gasteiger partial charge is 0.270 e. The highest BCUT2D eigenvalue weighted by molar-refractivity contribution is 9.10. The largest absolute Gasteiger partial charge is 0.349 e. The van der Waals surface area contributed by atoms with Gasteiger partial charge in [-0.2, -0.15) is 0 Å². The molecule has 134 valence electrons. The summed E-state index contributed by atoms with van der Waals surface area (Å²) in [7, 11) is 0. The number of hydrogen-bond donors (Lipinski definition) is 1. The fourth-order valence-electron chi connectivity index (χ4n) is 3.12. The number of anilines is 1. The summed E-state index contributed by atoms with van der Waals surface area (Å²) in [6, 6.07) is 9.19. The average Bonchev–Trinajstić information content (AvgIpc) is 2.84. The van der Waals surface area contributed by atoms with Gasteiger partial charge in [-0.25, -0.2) is 0 Å². The van der Waals surface area contributed by atoms with Gasteiger partial charge in [-0.1, -0.05) is 22.0 Å². The first-order valence-electron chi connectivity index (χ1n) is 8.17. The Morgan fingerprint density at radius 1 is 1.23 bits per heavy atom. The molecule has 3 rings (SSSR count). The van der Waals surface area contributed by atoms with Crippen molar-refractivity contribution in [2.24, 2.45) is 0 Å². The van der Waals surface area contributed by atoms with Crippen molar-refractivity contribution in [3.8, 4) is 0 Å². The van der Waals surface area contributed by atoms with Gasteiger partial charge in [0.2, 0.25) is 0 Å². The molecule has 0 spiro atoms. The number of nitrogens with one attached hydrogen (secondary N) is 1. The zero-order chi connectivity index (χ0) is 19.0. The van der Waals surface area contributed by atoms with Crippen LogP contribution in [0.25, 0.3) is 6.08 Å². The minimum absolute atomic E-state index is 0.0647. The number of carbonyl (C=O) groups excluding carboxylic acids is 2. The summed E-state index contributed by atoms with van der Waals surface area (Å²) in [5.74, 6) is -0.911. The number of rotatable bonds is 3. The van der Waals surface area contributed by atoms with Crippen molar-refractivity contribution in [1.82, 2.24) is 9.88 Å². The summed E-state index contributed by atoms with van der Waals surface area (Å²) in [5, 5.41) is 2.69. The molecule has 1 aromatic carbocycles. The van der Waals surface area contributed by atoms with Crippen molar-refractivity contribution in [2.45, 2.75) is 27.3 Å². The summed E-state index contributed by atoms with van der Waals surface area (Å²) < 4.78 is 2.95. The van der Waals surface area contributed by atoms with Crippen LogP contribution in [0.1, 0.15) is 23.9 Å². The summed E-state index contributed by atoms with van der Waals surface area (Å²) >= 11 is 8.61. The minimum atomic E-state index is -0.479. The van der Waals surface area contributed by atoms with Gasteiger partial charge in [0.1, 0.15) is 5.57 Å². The van der Waals surface area contributed by atoms with Crippen molar-refractivity contribution in [3.05, 3.63) is 57.3 Å². The molecule has 2 heterocycles. The third-order valence-corrected chi connectivity index (χ3v) is 5.17. The van der Waals surface area contributed by atoms with Gasteiger partial charge < -0.3 is 4.57 Å². The van der Waals surface area contributed by atoms with Crippen LogP contribution in [0.3, 0.4) is 0 Å². The van der Waals surface area contributed by atoms with Crippen LogP contribution in [0.4, 0.5) is 5.69 Å². The minimum Gasteiger partial charge on any atom is -0.349 e. The van der Waals surface area contributed by atoms with Gasteiger partial charge in [-0.05, 0) is 68.9 Å². The molecule has 1 aromatic heterocycles. The van der Waals surface area contributed by atoms with Crippen LogP contribution in [0.5, 0.6) is 0 Å². The molecule has 2 amide bonds. The lowest BCUT2D eigenvalue weighted by atomic mass is 10.1. The SMILES string of the molecule is CCn1c(C)cc(/C=C2/C(=O)NC(=S)N(c3cccc(Br)c3)C2=O)c1C. The van der Waals surface area contributed by atoms with Crippen LogP contribution in [0.2, 0.25) is 0 Å². The Hall–Kier alpha value is -2.25. The van der Waals surface area contributed by atoms with Crippen molar-refractivity contribution in [3.63, 3.8) is 0 Å². The Kier molecular flexibility index (Phi) is 5.11. The highest BCUT2D eigenvalue weighted by atomic mass is 79.9. The van der Waals surface area contributed by atoms with Gasteiger partial charge in [-0.3, -0.25) is 19.8 Å². The Morgan fingerprint density at radius 3 is 2.58 bits per heavy atom. The first-order chi connectivity index (χ1) is 12.3. The molecule has 2 aromatic rings. The molecule has 0 unspecified atom stereocenters. The molecule has 1 aliphatic rings. The van der Waals surface area contributed by atoms with Crippen LogP contribution < -0.4 is 10.2 Å². The van der Waals surface area contributed by atoms with Gasteiger partial charge in [-0.15, -0.1) is 0 Å². The molecule has 1 N–H and O–H groups in total. The Morgan fingerprint density at radius 2 is 1.96 bits per heavy atom. The second-order valence-electron chi connectivity index (χ2n) is 6.01. The number of amides is 2. The van der Waals surface area contributed by atoms with Crippen molar-refractivity contribution in [2.75, 3.05) is 4.90 Å². The van der Waals surface area contributed by atoms with E-state index in [1.54, 1.807) is 18.2 Å². The lowest BCUT2D eigenvalue weighted by molar-refractivity contribution is -0.122. The molecule has 0 bridgehead atoms. The van der Waals surface area contributed by atoms with Gasteiger partial charge in [0.05, 0.1) is 5.69 Å². The number of halogens is 1. The van der Waals surface area contributed by atoms with Gasteiger partial charge >= 0.3 is 0 Å². The van der Waals surface area contributed by atoms with E-state index in [1.807, 2.05) is 32.0 Å². The molecular weight excluding hydrogens is 414 g/mol. The van der Waals surface area contributed by atoms with Gasteiger partial charge in [0.25, 0.3) is 11.8 Å². The Labute approximate surface area is 165 Å². The molecule has 0 atom stereocenters. The molecule has 1 saturated heterocycles. The second-order valence-corrected chi connectivity index (χ2v) is 7.31. The fraction of sp³-hybridized carbons (Fsp3) is 0.211. The number of carbonyl (C=O) groups is 2. The average molecular weight is 432 g/mol.